The highest BCUT2D eigenvalue weighted by Crippen LogP contribution is 2.33. The van der Waals surface area contributed by atoms with Gasteiger partial charge in [0.25, 0.3) is 0 Å². The highest BCUT2D eigenvalue weighted by Gasteiger charge is 2.23. The number of nitrogen functional groups attached to an aromatic ring is 1. The van der Waals surface area contributed by atoms with Crippen LogP contribution in [0.1, 0.15) is 6.42 Å². The van der Waals surface area contributed by atoms with E-state index in [9.17, 15) is 0 Å². The molecule has 4 rings (SSSR count). The Morgan fingerprint density at radius 2 is 1.86 bits per heavy atom. The second-order valence-corrected chi connectivity index (χ2v) is 7.10. The number of hydrogen-bond acceptors (Lipinski definition) is 6. The standard InChI is InChI=1S/C23H25N5O/c1-2-13-28-14-12-18(15-28)27-23-21(22(24)25-16-26-23)17-8-10-20(11-9-17)29-19-6-4-3-5-7-19/h2-11,16,18H,1,12-15H2,(H3,24,25,26,27)/t18-/m1/s1. The number of nitrogens with zero attached hydrogens (tertiary/aromatic N) is 3. The molecule has 0 bridgehead atoms. The summed E-state index contributed by atoms with van der Waals surface area (Å²) in [7, 11) is 0. The van der Waals surface area contributed by atoms with Crippen LogP contribution in [0.25, 0.3) is 11.1 Å². The second kappa shape index (κ2) is 8.75. The summed E-state index contributed by atoms with van der Waals surface area (Å²) in [5.74, 6) is 2.79. The van der Waals surface area contributed by atoms with Gasteiger partial charge in [-0.1, -0.05) is 36.4 Å². The number of para-hydroxylation sites is 1. The van der Waals surface area contributed by atoms with E-state index in [1.807, 2.05) is 60.7 Å². The topological polar surface area (TPSA) is 76.3 Å². The van der Waals surface area contributed by atoms with Gasteiger partial charge >= 0.3 is 0 Å². The Morgan fingerprint density at radius 3 is 2.62 bits per heavy atom. The molecular weight excluding hydrogens is 362 g/mol. The summed E-state index contributed by atoms with van der Waals surface area (Å²) < 4.78 is 5.88. The third-order valence-corrected chi connectivity index (χ3v) is 5.00. The lowest BCUT2D eigenvalue weighted by molar-refractivity contribution is 0.374. The van der Waals surface area contributed by atoms with Gasteiger partial charge in [-0.25, -0.2) is 9.97 Å². The summed E-state index contributed by atoms with van der Waals surface area (Å²) >= 11 is 0. The van der Waals surface area contributed by atoms with E-state index in [1.54, 1.807) is 0 Å². The number of aromatic nitrogens is 2. The maximum absolute atomic E-state index is 6.22. The van der Waals surface area contributed by atoms with Gasteiger partial charge in [-0.3, -0.25) is 4.90 Å². The first-order valence-electron chi connectivity index (χ1n) is 9.76. The SMILES string of the molecule is C=CCN1CC[C@@H](Nc2ncnc(N)c2-c2ccc(Oc3ccccc3)cc2)C1. The summed E-state index contributed by atoms with van der Waals surface area (Å²) in [6, 6.07) is 17.9. The van der Waals surface area contributed by atoms with Crippen molar-refractivity contribution in [1.29, 1.82) is 0 Å². The zero-order valence-corrected chi connectivity index (χ0v) is 16.3. The summed E-state index contributed by atoms with van der Waals surface area (Å²) in [6.45, 7) is 6.73. The number of benzene rings is 2. The number of likely N-dealkylation sites (tertiary alicyclic amines) is 1. The Labute approximate surface area is 171 Å². The Hall–Kier alpha value is -3.38. The Morgan fingerprint density at radius 1 is 1.10 bits per heavy atom. The first kappa shape index (κ1) is 19.0. The van der Waals surface area contributed by atoms with Gasteiger partial charge in [0.2, 0.25) is 0 Å². The fourth-order valence-electron chi connectivity index (χ4n) is 3.60. The number of nitrogens with one attached hydrogen (secondary N) is 1. The van der Waals surface area contributed by atoms with Crippen LogP contribution in [0, 0.1) is 0 Å². The van der Waals surface area contributed by atoms with Crippen molar-refractivity contribution in [2.45, 2.75) is 12.5 Å². The van der Waals surface area contributed by atoms with E-state index in [1.165, 1.54) is 6.33 Å². The molecule has 6 nitrogen and oxygen atoms in total. The Bertz CT molecular complexity index is 959. The molecule has 0 spiro atoms. The molecule has 29 heavy (non-hydrogen) atoms. The van der Waals surface area contributed by atoms with Crippen LogP contribution in [0.15, 0.2) is 73.6 Å². The second-order valence-electron chi connectivity index (χ2n) is 7.10. The number of ether oxygens (including phenoxy) is 1. The third kappa shape index (κ3) is 4.55. The van der Waals surface area contributed by atoms with Gasteiger partial charge < -0.3 is 15.8 Å². The van der Waals surface area contributed by atoms with Crippen LogP contribution in [0.4, 0.5) is 11.6 Å². The van der Waals surface area contributed by atoms with E-state index in [2.05, 4.69) is 26.8 Å². The van der Waals surface area contributed by atoms with Crippen molar-refractivity contribution >= 4 is 11.6 Å². The lowest BCUT2D eigenvalue weighted by Gasteiger charge is -2.18. The van der Waals surface area contributed by atoms with Crippen molar-refractivity contribution in [2.75, 3.05) is 30.7 Å². The van der Waals surface area contributed by atoms with Gasteiger partial charge in [0.15, 0.2) is 0 Å². The quantitative estimate of drug-likeness (QED) is 0.592. The average molecular weight is 387 g/mol. The molecule has 0 amide bonds. The van der Waals surface area contributed by atoms with Crippen LogP contribution in [0.3, 0.4) is 0 Å². The van der Waals surface area contributed by atoms with Crippen molar-refractivity contribution in [3.63, 3.8) is 0 Å². The minimum Gasteiger partial charge on any atom is -0.457 e. The van der Waals surface area contributed by atoms with E-state index >= 15 is 0 Å². The van der Waals surface area contributed by atoms with Gasteiger partial charge in [-0.15, -0.1) is 6.58 Å². The van der Waals surface area contributed by atoms with E-state index in [-0.39, 0.29) is 0 Å². The molecule has 2 aromatic carbocycles. The fourth-order valence-corrected chi connectivity index (χ4v) is 3.60. The molecular formula is C23H25N5O. The lowest BCUT2D eigenvalue weighted by atomic mass is 10.1. The number of hydrogen-bond donors (Lipinski definition) is 2. The molecule has 2 heterocycles. The molecule has 0 aliphatic carbocycles. The minimum absolute atomic E-state index is 0.323. The molecule has 1 aliphatic rings. The molecule has 0 saturated carbocycles. The largest absolute Gasteiger partial charge is 0.457 e. The molecule has 148 valence electrons. The van der Waals surface area contributed by atoms with E-state index in [0.29, 0.717) is 11.9 Å². The van der Waals surface area contributed by atoms with Gasteiger partial charge in [0.1, 0.15) is 29.5 Å². The summed E-state index contributed by atoms with van der Waals surface area (Å²) in [5.41, 5.74) is 7.99. The molecule has 3 aromatic rings. The first-order valence-corrected chi connectivity index (χ1v) is 9.76. The summed E-state index contributed by atoms with van der Waals surface area (Å²) in [6.07, 6.45) is 4.50. The normalized spacial score (nSPS) is 16.5. The van der Waals surface area contributed by atoms with E-state index in [0.717, 1.165) is 54.5 Å². The van der Waals surface area contributed by atoms with Gasteiger partial charge in [0.05, 0.1) is 5.56 Å². The molecule has 1 aliphatic heterocycles. The van der Waals surface area contributed by atoms with Crippen molar-refractivity contribution < 1.29 is 4.74 Å². The monoisotopic (exact) mass is 387 g/mol. The summed E-state index contributed by atoms with van der Waals surface area (Å²) in [5, 5.41) is 3.55. The van der Waals surface area contributed by atoms with E-state index in [4.69, 9.17) is 10.5 Å². The van der Waals surface area contributed by atoms with Crippen molar-refractivity contribution in [3.05, 3.63) is 73.6 Å². The van der Waals surface area contributed by atoms with Gasteiger partial charge in [-0.2, -0.15) is 0 Å². The highest BCUT2D eigenvalue weighted by atomic mass is 16.5. The molecule has 0 unspecified atom stereocenters. The van der Waals surface area contributed by atoms with Crippen molar-refractivity contribution in [2.24, 2.45) is 0 Å². The van der Waals surface area contributed by atoms with Crippen LogP contribution in [-0.2, 0) is 0 Å². The van der Waals surface area contributed by atoms with E-state index < -0.39 is 0 Å². The average Bonchev–Trinajstić information content (AvgIpc) is 3.17. The van der Waals surface area contributed by atoms with Crippen LogP contribution in [0.2, 0.25) is 0 Å². The smallest absolute Gasteiger partial charge is 0.139 e. The van der Waals surface area contributed by atoms with Crippen molar-refractivity contribution in [3.8, 4) is 22.6 Å². The predicted octanol–water partition coefficient (Wildman–Crippen LogP) is 4.19. The zero-order valence-electron chi connectivity index (χ0n) is 16.3. The first-order chi connectivity index (χ1) is 14.2. The predicted molar refractivity (Wildman–Crippen MR) is 117 cm³/mol. The van der Waals surface area contributed by atoms with Crippen molar-refractivity contribution in [1.82, 2.24) is 14.9 Å². The van der Waals surface area contributed by atoms with Gasteiger partial charge in [0, 0.05) is 25.7 Å². The highest BCUT2D eigenvalue weighted by molar-refractivity contribution is 5.83. The Kier molecular flexibility index (Phi) is 5.72. The molecule has 6 heteroatoms. The third-order valence-electron chi connectivity index (χ3n) is 5.00. The molecule has 1 aromatic heterocycles. The number of rotatable bonds is 7. The molecule has 0 radical (unpaired) electrons. The maximum atomic E-state index is 6.22. The lowest BCUT2D eigenvalue weighted by Crippen LogP contribution is -2.27. The molecule has 3 N–H and O–H groups in total. The summed E-state index contributed by atoms with van der Waals surface area (Å²) in [4.78, 5) is 11.0. The van der Waals surface area contributed by atoms with Crippen LogP contribution >= 0.6 is 0 Å². The van der Waals surface area contributed by atoms with Crippen LogP contribution in [0.5, 0.6) is 11.5 Å². The minimum atomic E-state index is 0.323. The van der Waals surface area contributed by atoms with Gasteiger partial charge in [-0.05, 0) is 36.2 Å². The maximum Gasteiger partial charge on any atom is 0.139 e. The zero-order chi connectivity index (χ0) is 20.1. The Balaban J connectivity index is 1.53. The van der Waals surface area contributed by atoms with Crippen LogP contribution < -0.4 is 15.8 Å². The fraction of sp³-hybridized carbons (Fsp3) is 0.217. The number of anilines is 2. The molecule has 1 saturated heterocycles. The molecule has 1 fully saturated rings. The number of nitrogens with two attached hydrogens (primary N) is 1. The molecule has 1 atom stereocenters. The van der Waals surface area contributed by atoms with Crippen LogP contribution in [-0.4, -0.2) is 40.5 Å².